The number of aromatic nitrogens is 3. The average Bonchev–Trinajstić information content (AvgIpc) is 3.31. The first-order chi connectivity index (χ1) is 16.2. The van der Waals surface area contributed by atoms with E-state index in [1.807, 2.05) is 65.0 Å². The maximum atomic E-state index is 12.9. The summed E-state index contributed by atoms with van der Waals surface area (Å²) in [5, 5.41) is 12.8. The zero-order chi connectivity index (χ0) is 22.8. The number of imidazole rings is 1. The van der Waals surface area contributed by atoms with Gasteiger partial charge in [0.2, 0.25) is 0 Å². The number of carbonyl (C=O) groups excluding carboxylic acids is 1. The summed E-state index contributed by atoms with van der Waals surface area (Å²) in [6.45, 7) is 1.55. The number of rotatable bonds is 4. The predicted molar refractivity (Wildman–Crippen MR) is 127 cm³/mol. The van der Waals surface area contributed by atoms with Gasteiger partial charge in [0.15, 0.2) is 5.65 Å². The standard InChI is InChI=1S/C26H24N6O/c1-28-21-10-12-31(13-11-21)26(33)19-8-6-18(7-9-19)23-17-32-24(15-30-25(32)16-29-23)22-5-3-2-4-20(22)14-27/h2-9,15-17,21,28H,10-13H2,1H3. The molecule has 2 aromatic heterocycles. The SMILES string of the molecule is CNC1CCN(C(=O)c2ccc(-c3cn4c(-c5ccccc5C#N)cnc4cn3)cc2)CC1. The number of carbonyl (C=O) groups is 1. The van der Waals surface area contributed by atoms with Crippen LogP contribution in [0.1, 0.15) is 28.8 Å². The largest absolute Gasteiger partial charge is 0.339 e. The average molecular weight is 437 g/mol. The molecule has 1 aliphatic heterocycles. The van der Waals surface area contributed by atoms with Crippen LogP contribution in [-0.2, 0) is 0 Å². The number of piperidine rings is 1. The Kier molecular flexibility index (Phi) is 5.59. The van der Waals surface area contributed by atoms with E-state index in [1.165, 1.54) is 0 Å². The van der Waals surface area contributed by atoms with E-state index in [-0.39, 0.29) is 5.91 Å². The molecular formula is C26H24N6O. The smallest absolute Gasteiger partial charge is 0.253 e. The summed E-state index contributed by atoms with van der Waals surface area (Å²) in [5.74, 6) is 0.0736. The zero-order valence-electron chi connectivity index (χ0n) is 18.4. The van der Waals surface area contributed by atoms with Crippen LogP contribution in [0.4, 0.5) is 0 Å². The second-order valence-electron chi connectivity index (χ2n) is 8.23. The molecule has 0 aliphatic carbocycles. The van der Waals surface area contributed by atoms with Gasteiger partial charge in [-0.1, -0.05) is 30.3 Å². The number of nitrogens with zero attached hydrogens (tertiary/aromatic N) is 5. The minimum Gasteiger partial charge on any atom is -0.339 e. The highest BCUT2D eigenvalue weighted by Crippen LogP contribution is 2.26. The zero-order valence-corrected chi connectivity index (χ0v) is 18.4. The van der Waals surface area contributed by atoms with E-state index in [4.69, 9.17) is 0 Å². The van der Waals surface area contributed by atoms with Crippen LogP contribution < -0.4 is 5.32 Å². The van der Waals surface area contributed by atoms with Crippen LogP contribution in [0.5, 0.6) is 0 Å². The van der Waals surface area contributed by atoms with Gasteiger partial charge in [-0.05, 0) is 38.1 Å². The molecule has 1 aliphatic rings. The summed E-state index contributed by atoms with van der Waals surface area (Å²) < 4.78 is 1.95. The van der Waals surface area contributed by atoms with Crippen LogP contribution >= 0.6 is 0 Å². The van der Waals surface area contributed by atoms with E-state index < -0.39 is 0 Å². The van der Waals surface area contributed by atoms with Crippen molar-refractivity contribution < 1.29 is 4.79 Å². The Morgan fingerprint density at radius 3 is 2.55 bits per heavy atom. The number of fused-ring (bicyclic) bond motifs is 1. The monoisotopic (exact) mass is 436 g/mol. The molecule has 1 fully saturated rings. The van der Waals surface area contributed by atoms with Crippen LogP contribution in [-0.4, -0.2) is 51.4 Å². The van der Waals surface area contributed by atoms with Gasteiger partial charge in [-0.2, -0.15) is 5.26 Å². The highest BCUT2D eigenvalue weighted by atomic mass is 16.2. The van der Waals surface area contributed by atoms with Crippen molar-refractivity contribution >= 4 is 11.6 Å². The van der Waals surface area contributed by atoms with Gasteiger partial charge in [0.1, 0.15) is 0 Å². The highest BCUT2D eigenvalue weighted by Gasteiger charge is 2.22. The van der Waals surface area contributed by atoms with E-state index in [9.17, 15) is 10.1 Å². The van der Waals surface area contributed by atoms with Crippen LogP contribution in [0.25, 0.3) is 28.2 Å². The van der Waals surface area contributed by atoms with Gasteiger partial charge in [-0.15, -0.1) is 0 Å². The minimum atomic E-state index is 0.0736. The Balaban J connectivity index is 1.42. The maximum absolute atomic E-state index is 12.9. The lowest BCUT2D eigenvalue weighted by Gasteiger charge is -2.31. The number of likely N-dealkylation sites (tertiary alicyclic amines) is 1. The van der Waals surface area contributed by atoms with Crippen molar-refractivity contribution in [2.45, 2.75) is 18.9 Å². The van der Waals surface area contributed by atoms with Crippen LogP contribution in [0.3, 0.4) is 0 Å². The molecule has 1 N–H and O–H groups in total. The summed E-state index contributed by atoms with van der Waals surface area (Å²) in [7, 11) is 1.97. The van der Waals surface area contributed by atoms with Gasteiger partial charge < -0.3 is 10.2 Å². The molecule has 164 valence electrons. The molecule has 1 saturated heterocycles. The Hall–Kier alpha value is -4.02. The summed E-state index contributed by atoms with van der Waals surface area (Å²) in [5.41, 5.74) is 5.34. The lowest BCUT2D eigenvalue weighted by Crippen LogP contribution is -2.43. The lowest BCUT2D eigenvalue weighted by atomic mass is 10.0. The number of nitrogens with one attached hydrogen (secondary N) is 1. The van der Waals surface area contributed by atoms with E-state index in [2.05, 4.69) is 21.4 Å². The molecule has 4 aromatic rings. The summed E-state index contributed by atoms with van der Waals surface area (Å²) in [4.78, 5) is 23.8. The van der Waals surface area contributed by atoms with Crippen molar-refractivity contribution in [1.29, 1.82) is 5.26 Å². The van der Waals surface area contributed by atoms with Crippen molar-refractivity contribution in [3.05, 3.63) is 78.2 Å². The molecule has 0 spiro atoms. The van der Waals surface area contributed by atoms with Gasteiger partial charge >= 0.3 is 0 Å². The molecule has 0 unspecified atom stereocenters. The first-order valence-electron chi connectivity index (χ1n) is 11.1. The number of hydrogen-bond acceptors (Lipinski definition) is 5. The van der Waals surface area contributed by atoms with E-state index >= 15 is 0 Å². The fraction of sp³-hybridized carbons (Fsp3) is 0.231. The van der Waals surface area contributed by atoms with Crippen molar-refractivity contribution in [3.8, 4) is 28.6 Å². The van der Waals surface area contributed by atoms with Gasteiger partial charge in [0.05, 0.1) is 35.4 Å². The molecule has 0 bridgehead atoms. The number of benzene rings is 2. The van der Waals surface area contributed by atoms with Gasteiger partial charge in [0, 0.05) is 42.0 Å². The maximum Gasteiger partial charge on any atom is 0.253 e. The van der Waals surface area contributed by atoms with Gasteiger partial charge in [-0.3, -0.25) is 14.2 Å². The van der Waals surface area contributed by atoms with E-state index in [0.717, 1.165) is 48.4 Å². The second kappa shape index (κ2) is 8.85. The third-order valence-electron chi connectivity index (χ3n) is 6.34. The summed E-state index contributed by atoms with van der Waals surface area (Å²) in [6, 6.07) is 17.8. The molecule has 0 radical (unpaired) electrons. The predicted octanol–water partition coefficient (Wildman–Crippen LogP) is 3.76. The molecule has 2 aromatic carbocycles. The minimum absolute atomic E-state index is 0.0736. The summed E-state index contributed by atoms with van der Waals surface area (Å²) in [6.07, 6.45) is 7.36. The Bertz CT molecular complexity index is 1340. The quantitative estimate of drug-likeness (QED) is 0.526. The fourth-order valence-corrected chi connectivity index (χ4v) is 4.38. The molecule has 3 heterocycles. The van der Waals surface area contributed by atoms with Crippen molar-refractivity contribution in [3.63, 3.8) is 0 Å². The first kappa shape index (κ1) is 20.9. The Labute approximate surface area is 192 Å². The van der Waals surface area contributed by atoms with Crippen molar-refractivity contribution in [2.24, 2.45) is 0 Å². The van der Waals surface area contributed by atoms with E-state index in [1.54, 1.807) is 18.5 Å². The fourth-order valence-electron chi connectivity index (χ4n) is 4.38. The summed E-state index contributed by atoms with van der Waals surface area (Å²) >= 11 is 0. The molecule has 1 amide bonds. The molecule has 0 saturated carbocycles. The molecular weight excluding hydrogens is 412 g/mol. The molecule has 5 rings (SSSR count). The van der Waals surface area contributed by atoms with Crippen LogP contribution in [0, 0.1) is 11.3 Å². The number of hydrogen-bond donors (Lipinski definition) is 1. The van der Waals surface area contributed by atoms with Crippen LogP contribution in [0.15, 0.2) is 67.1 Å². The lowest BCUT2D eigenvalue weighted by molar-refractivity contribution is 0.0707. The first-order valence-corrected chi connectivity index (χ1v) is 11.1. The topological polar surface area (TPSA) is 86.3 Å². The van der Waals surface area contributed by atoms with Crippen molar-refractivity contribution in [1.82, 2.24) is 24.6 Å². The third-order valence-corrected chi connectivity index (χ3v) is 6.34. The molecule has 7 nitrogen and oxygen atoms in total. The Morgan fingerprint density at radius 2 is 1.82 bits per heavy atom. The molecule has 0 atom stereocenters. The second-order valence-corrected chi connectivity index (χ2v) is 8.23. The Morgan fingerprint density at radius 1 is 1.06 bits per heavy atom. The van der Waals surface area contributed by atoms with Crippen LogP contribution in [0.2, 0.25) is 0 Å². The van der Waals surface area contributed by atoms with Crippen molar-refractivity contribution in [2.75, 3.05) is 20.1 Å². The number of amides is 1. The molecule has 33 heavy (non-hydrogen) atoms. The van der Waals surface area contributed by atoms with E-state index in [0.29, 0.717) is 22.8 Å². The highest BCUT2D eigenvalue weighted by molar-refractivity contribution is 5.94. The van der Waals surface area contributed by atoms with Gasteiger partial charge in [-0.25, -0.2) is 4.98 Å². The third kappa shape index (κ3) is 3.97. The van der Waals surface area contributed by atoms with Gasteiger partial charge in [0.25, 0.3) is 5.91 Å². The normalized spacial score (nSPS) is 14.4. The molecule has 7 heteroatoms. The number of nitriles is 1.